The summed E-state index contributed by atoms with van der Waals surface area (Å²) in [5, 5.41) is 6.01. The Hall–Kier alpha value is -7.70. The molecule has 0 amide bonds. The number of thiophene rings is 1. The minimum Gasteiger partial charge on any atom is -0.350 e. The number of fused-ring (bicyclic) bond motifs is 3. The van der Waals surface area contributed by atoms with Crippen LogP contribution in [0.25, 0.3) is 81.8 Å². The summed E-state index contributed by atoms with van der Waals surface area (Å²) in [4.78, 5) is 10.2. The molecule has 0 aliphatic rings. The molecule has 62 heavy (non-hydrogen) atoms. The predicted octanol–water partition coefficient (Wildman–Crippen LogP) is 14.4. The fraction of sp³-hybridized carbons (Fsp3) is 0.0175. The van der Waals surface area contributed by atoms with Gasteiger partial charge in [-0.15, -0.1) is 11.3 Å². The zero-order valence-electron chi connectivity index (χ0n) is 33.9. The normalized spacial score (nSPS) is 12.0. The first-order valence-corrected chi connectivity index (χ1v) is 21.6. The summed E-state index contributed by atoms with van der Waals surface area (Å²) in [5.41, 5.74) is 21.1. The van der Waals surface area contributed by atoms with Crippen LogP contribution in [0.5, 0.6) is 0 Å². The average molecular weight is 815 g/mol. The summed E-state index contributed by atoms with van der Waals surface area (Å²) in [6.45, 7) is 4.33. The molecule has 2 heterocycles. The van der Waals surface area contributed by atoms with Gasteiger partial charge in [0.15, 0.2) is 0 Å². The largest absolute Gasteiger partial charge is 0.350 e. The number of nitrogens with one attached hydrogen (secondary N) is 1. The lowest BCUT2D eigenvalue weighted by molar-refractivity contribution is 0.682. The topological polar surface area (TPSA) is 63.3 Å². The Kier molecular flexibility index (Phi) is 10.6. The Morgan fingerprint density at radius 2 is 1.05 bits per heavy atom. The molecule has 4 nitrogen and oxygen atoms in total. The van der Waals surface area contributed by atoms with E-state index in [-0.39, 0.29) is 0 Å². The number of pyridine rings is 1. The minimum atomic E-state index is -0.471. The van der Waals surface area contributed by atoms with Gasteiger partial charge >= 0.3 is 0 Å². The van der Waals surface area contributed by atoms with Crippen molar-refractivity contribution in [3.63, 3.8) is 0 Å². The van der Waals surface area contributed by atoms with Gasteiger partial charge in [-0.1, -0.05) is 207 Å². The Balaban J connectivity index is 1.06. The summed E-state index contributed by atoms with van der Waals surface area (Å²) in [6, 6.07) is 76.1. The van der Waals surface area contributed by atoms with Crippen LogP contribution in [0.15, 0.2) is 230 Å². The van der Waals surface area contributed by atoms with E-state index < -0.39 is 6.17 Å². The number of benzene rings is 8. The molecule has 8 aromatic carbocycles. The van der Waals surface area contributed by atoms with Crippen molar-refractivity contribution in [2.24, 2.45) is 10.7 Å². The molecular weight excluding hydrogens is 773 g/mol. The Morgan fingerprint density at radius 1 is 0.500 bits per heavy atom. The van der Waals surface area contributed by atoms with E-state index in [1.54, 1.807) is 0 Å². The fourth-order valence-corrected chi connectivity index (χ4v) is 9.34. The van der Waals surface area contributed by atoms with E-state index in [2.05, 4.69) is 164 Å². The van der Waals surface area contributed by atoms with Crippen LogP contribution < -0.4 is 11.1 Å². The first kappa shape index (κ1) is 38.5. The van der Waals surface area contributed by atoms with Gasteiger partial charge < -0.3 is 11.1 Å². The molecule has 0 radical (unpaired) electrons. The number of aliphatic imine (C=N–C) groups is 1. The molecule has 0 saturated carbocycles. The highest BCUT2D eigenvalue weighted by molar-refractivity contribution is 7.26. The molecule has 10 rings (SSSR count). The molecular formula is C57H42N4S. The first-order chi connectivity index (χ1) is 30.6. The predicted molar refractivity (Wildman–Crippen MR) is 263 cm³/mol. The van der Waals surface area contributed by atoms with Crippen LogP contribution in [0.4, 0.5) is 0 Å². The van der Waals surface area contributed by atoms with E-state index in [0.29, 0.717) is 11.5 Å². The lowest BCUT2D eigenvalue weighted by atomic mass is 9.91. The third kappa shape index (κ3) is 7.86. The van der Waals surface area contributed by atoms with E-state index >= 15 is 0 Å². The van der Waals surface area contributed by atoms with E-state index in [9.17, 15) is 0 Å². The van der Waals surface area contributed by atoms with Crippen molar-refractivity contribution < 1.29 is 0 Å². The number of amidine groups is 1. The first-order valence-electron chi connectivity index (χ1n) is 20.7. The molecule has 0 saturated heterocycles. The Bertz CT molecular complexity index is 3140. The van der Waals surface area contributed by atoms with Crippen LogP contribution in [0.2, 0.25) is 0 Å². The van der Waals surface area contributed by atoms with Crippen molar-refractivity contribution in [1.82, 2.24) is 10.3 Å². The van der Waals surface area contributed by atoms with Gasteiger partial charge in [0.1, 0.15) is 12.0 Å². The van der Waals surface area contributed by atoms with E-state index in [4.69, 9.17) is 15.7 Å². The summed E-state index contributed by atoms with van der Waals surface area (Å²) >= 11 is 1.84. The van der Waals surface area contributed by atoms with E-state index in [1.165, 1.54) is 25.7 Å². The number of rotatable bonds is 10. The second kappa shape index (κ2) is 17.1. The molecule has 0 fully saturated rings. The van der Waals surface area contributed by atoms with Crippen molar-refractivity contribution in [3.05, 3.63) is 242 Å². The van der Waals surface area contributed by atoms with E-state index in [0.717, 1.165) is 67.0 Å². The molecule has 10 aromatic rings. The Labute approximate surface area is 366 Å². The number of aromatic nitrogens is 1. The molecule has 2 aromatic heterocycles. The maximum atomic E-state index is 6.74. The van der Waals surface area contributed by atoms with Crippen molar-refractivity contribution in [2.75, 3.05) is 0 Å². The highest BCUT2D eigenvalue weighted by Gasteiger charge is 2.18. The maximum Gasteiger partial charge on any atom is 0.135 e. The van der Waals surface area contributed by atoms with Gasteiger partial charge in [0.2, 0.25) is 0 Å². The quantitative estimate of drug-likeness (QED) is 0.0821. The SMILES string of the molecule is C=C(N=C(NC(N)c1ccccc1)c1ccc(-c2c(-c3ccc(-c4cc(-c5ccccc5)cc(-c5ccccc5)n4)cc3)ccc3c2sc2ccccc23)cc1)c1ccccc1. The maximum absolute atomic E-state index is 6.74. The van der Waals surface area contributed by atoms with Crippen LogP contribution >= 0.6 is 11.3 Å². The number of nitrogens with zero attached hydrogens (tertiary/aromatic N) is 2. The summed E-state index contributed by atoms with van der Waals surface area (Å²) in [5.74, 6) is 0.651. The standard InChI is InChI=1S/C57H42N4S/c1-38(39-16-6-2-7-17-39)59-57(61-56(58)45-22-12-5-13-23-45)46-32-30-44(31-33-46)54-48(34-35-50-49-24-14-15-25-53(49)62-55(50)54)41-26-28-43(29-27-41)52-37-47(40-18-8-3-9-19-40)36-51(60-52)42-20-10-4-11-21-42/h2-37,56H,1,58H2,(H,59,61). The fourth-order valence-electron chi connectivity index (χ4n) is 8.07. The van der Waals surface area contributed by atoms with Crippen molar-refractivity contribution >= 4 is 43.0 Å². The van der Waals surface area contributed by atoms with Gasteiger partial charge in [-0.05, 0) is 57.1 Å². The molecule has 3 N–H and O–H groups in total. The van der Waals surface area contributed by atoms with Crippen LogP contribution in [-0.2, 0) is 0 Å². The van der Waals surface area contributed by atoms with Crippen molar-refractivity contribution in [1.29, 1.82) is 0 Å². The summed E-state index contributed by atoms with van der Waals surface area (Å²) in [6.07, 6.45) is -0.471. The van der Waals surface area contributed by atoms with Crippen LogP contribution in [0, 0.1) is 0 Å². The highest BCUT2D eigenvalue weighted by atomic mass is 32.1. The summed E-state index contributed by atoms with van der Waals surface area (Å²) in [7, 11) is 0. The smallest absolute Gasteiger partial charge is 0.135 e. The van der Waals surface area contributed by atoms with Crippen LogP contribution in [-0.4, -0.2) is 10.8 Å². The number of hydrogen-bond donors (Lipinski definition) is 2. The molecule has 5 heteroatoms. The van der Waals surface area contributed by atoms with Gasteiger partial charge in [-0.25, -0.2) is 9.98 Å². The molecule has 0 spiro atoms. The van der Waals surface area contributed by atoms with Crippen LogP contribution in [0.1, 0.15) is 22.9 Å². The average Bonchev–Trinajstić information content (AvgIpc) is 3.73. The molecule has 0 aliphatic carbocycles. The van der Waals surface area contributed by atoms with Gasteiger partial charge in [0, 0.05) is 42.4 Å². The van der Waals surface area contributed by atoms with Crippen LogP contribution in [0.3, 0.4) is 0 Å². The Morgan fingerprint density at radius 3 is 1.73 bits per heavy atom. The second-order valence-electron chi connectivity index (χ2n) is 15.3. The number of hydrogen-bond acceptors (Lipinski definition) is 4. The summed E-state index contributed by atoms with van der Waals surface area (Å²) < 4.78 is 2.51. The zero-order chi connectivity index (χ0) is 41.8. The third-order valence-electron chi connectivity index (χ3n) is 11.3. The van der Waals surface area contributed by atoms with Gasteiger partial charge in [0.25, 0.3) is 0 Å². The molecule has 0 bridgehead atoms. The molecule has 1 unspecified atom stereocenters. The molecule has 296 valence electrons. The second-order valence-corrected chi connectivity index (χ2v) is 16.3. The lowest BCUT2D eigenvalue weighted by Gasteiger charge is -2.19. The van der Waals surface area contributed by atoms with Gasteiger partial charge in [-0.3, -0.25) is 0 Å². The van der Waals surface area contributed by atoms with Crippen molar-refractivity contribution in [2.45, 2.75) is 6.17 Å². The molecule has 1 atom stereocenters. The molecule has 0 aliphatic heterocycles. The minimum absolute atomic E-state index is 0.471. The highest BCUT2D eigenvalue weighted by Crippen LogP contribution is 2.45. The zero-order valence-corrected chi connectivity index (χ0v) is 34.8. The van der Waals surface area contributed by atoms with Gasteiger partial charge in [-0.2, -0.15) is 0 Å². The third-order valence-corrected chi connectivity index (χ3v) is 12.5. The van der Waals surface area contributed by atoms with E-state index in [1.807, 2.05) is 78.1 Å². The monoisotopic (exact) mass is 814 g/mol. The lowest BCUT2D eigenvalue weighted by Crippen LogP contribution is -2.34. The van der Waals surface area contributed by atoms with Gasteiger partial charge in [0.05, 0.1) is 17.1 Å². The van der Waals surface area contributed by atoms with Crippen molar-refractivity contribution in [3.8, 4) is 55.9 Å². The number of nitrogens with two attached hydrogens (primary N) is 1.